The Balaban J connectivity index is 1.61. The molecule has 1 saturated carbocycles. The molecule has 0 aliphatic heterocycles. The Kier molecular flexibility index (Phi) is 4.56. The van der Waals surface area contributed by atoms with Gasteiger partial charge in [-0.2, -0.15) is 0 Å². The molecule has 0 amide bonds. The van der Waals surface area contributed by atoms with E-state index < -0.39 is 6.10 Å². The summed E-state index contributed by atoms with van der Waals surface area (Å²) in [5.41, 5.74) is 1.88. The van der Waals surface area contributed by atoms with Crippen molar-refractivity contribution in [3.05, 3.63) is 45.9 Å². The minimum Gasteiger partial charge on any atom is -0.487 e. The van der Waals surface area contributed by atoms with Crippen LogP contribution in [-0.4, -0.2) is 10.1 Å². The van der Waals surface area contributed by atoms with Crippen molar-refractivity contribution in [3.8, 4) is 5.75 Å². The second kappa shape index (κ2) is 6.58. The first kappa shape index (κ1) is 14.5. The molecule has 1 aromatic heterocycles. The van der Waals surface area contributed by atoms with E-state index in [0.717, 1.165) is 17.0 Å². The van der Waals surface area contributed by atoms with Crippen LogP contribution < -0.4 is 4.74 Å². The van der Waals surface area contributed by atoms with Gasteiger partial charge in [0.2, 0.25) is 0 Å². The second-order valence-corrected chi connectivity index (χ2v) is 6.59. The molecule has 2 aromatic rings. The number of ether oxygens (including phenoxy) is 1. The number of aliphatic hydroxyl groups is 1. The molecule has 1 fully saturated rings. The Hall–Kier alpha value is -1.39. The molecule has 0 radical (unpaired) electrons. The zero-order valence-corrected chi connectivity index (χ0v) is 13.1. The van der Waals surface area contributed by atoms with E-state index in [1.165, 1.54) is 30.7 Å². The van der Waals surface area contributed by atoms with Crippen molar-refractivity contribution in [1.29, 1.82) is 0 Å². The van der Waals surface area contributed by atoms with Gasteiger partial charge in [0.15, 0.2) is 0 Å². The smallest absolute Gasteiger partial charge is 0.131 e. The quantitative estimate of drug-likeness (QED) is 0.888. The summed E-state index contributed by atoms with van der Waals surface area (Å²) >= 11 is 1.76. The van der Waals surface area contributed by atoms with Crippen molar-refractivity contribution in [2.75, 3.05) is 0 Å². The first-order valence-corrected chi connectivity index (χ1v) is 8.45. The van der Waals surface area contributed by atoms with E-state index in [4.69, 9.17) is 9.72 Å². The van der Waals surface area contributed by atoms with Crippen molar-refractivity contribution < 1.29 is 9.84 Å². The SMILES string of the molecule is C[C@H](O)c1cccc(OCc2csc(C3CCCC3)n2)c1. The topological polar surface area (TPSA) is 42.4 Å². The molecule has 0 spiro atoms. The minimum absolute atomic E-state index is 0.471. The fourth-order valence-corrected chi connectivity index (χ4v) is 3.75. The molecule has 1 aliphatic rings. The fraction of sp³-hybridized carbons (Fsp3) is 0.471. The van der Waals surface area contributed by atoms with E-state index in [9.17, 15) is 5.11 Å². The number of benzene rings is 1. The van der Waals surface area contributed by atoms with Crippen LogP contribution in [-0.2, 0) is 6.61 Å². The molecule has 4 heteroatoms. The molecule has 112 valence electrons. The number of nitrogens with zero attached hydrogens (tertiary/aromatic N) is 1. The standard InChI is InChI=1S/C17H21NO2S/c1-12(19)14-7-4-8-16(9-14)20-10-15-11-21-17(18-15)13-5-2-3-6-13/h4,7-9,11-13,19H,2-3,5-6,10H2,1H3/t12-/m0/s1. The largest absolute Gasteiger partial charge is 0.487 e. The molecule has 3 nitrogen and oxygen atoms in total. The maximum atomic E-state index is 9.59. The van der Waals surface area contributed by atoms with Gasteiger partial charge in [-0.05, 0) is 37.5 Å². The maximum absolute atomic E-state index is 9.59. The van der Waals surface area contributed by atoms with Gasteiger partial charge < -0.3 is 9.84 Å². The molecule has 1 heterocycles. The molecule has 0 saturated heterocycles. The monoisotopic (exact) mass is 303 g/mol. The third kappa shape index (κ3) is 3.63. The molecule has 1 atom stereocenters. The van der Waals surface area contributed by atoms with Gasteiger partial charge in [-0.3, -0.25) is 0 Å². The summed E-state index contributed by atoms with van der Waals surface area (Å²) in [5, 5.41) is 13.0. The lowest BCUT2D eigenvalue weighted by atomic mass is 10.1. The van der Waals surface area contributed by atoms with Crippen LogP contribution in [0.3, 0.4) is 0 Å². The Morgan fingerprint density at radius 3 is 2.95 bits per heavy atom. The summed E-state index contributed by atoms with van der Waals surface area (Å²) in [5.74, 6) is 1.45. The summed E-state index contributed by atoms with van der Waals surface area (Å²) in [6.07, 6.45) is 4.76. The normalized spacial score (nSPS) is 17.0. The van der Waals surface area contributed by atoms with Crippen LogP contribution in [0.15, 0.2) is 29.6 Å². The predicted octanol–water partition coefficient (Wildman–Crippen LogP) is 4.43. The zero-order valence-electron chi connectivity index (χ0n) is 12.3. The Labute approximate surface area is 129 Å². The van der Waals surface area contributed by atoms with E-state index in [1.807, 2.05) is 24.3 Å². The highest BCUT2D eigenvalue weighted by Gasteiger charge is 2.20. The summed E-state index contributed by atoms with van der Waals surface area (Å²) in [4.78, 5) is 4.71. The van der Waals surface area contributed by atoms with E-state index in [-0.39, 0.29) is 0 Å². The number of thiazole rings is 1. The molecular weight excluding hydrogens is 282 g/mol. The van der Waals surface area contributed by atoms with Gasteiger partial charge in [-0.1, -0.05) is 25.0 Å². The van der Waals surface area contributed by atoms with Crippen molar-refractivity contribution >= 4 is 11.3 Å². The lowest BCUT2D eigenvalue weighted by molar-refractivity contribution is 0.198. The van der Waals surface area contributed by atoms with Crippen LogP contribution in [0.2, 0.25) is 0 Å². The summed E-state index contributed by atoms with van der Waals surface area (Å²) in [6.45, 7) is 2.25. The average Bonchev–Trinajstić information content (AvgIpc) is 3.16. The second-order valence-electron chi connectivity index (χ2n) is 5.70. The summed E-state index contributed by atoms with van der Waals surface area (Å²) in [7, 11) is 0. The predicted molar refractivity (Wildman–Crippen MR) is 84.7 cm³/mol. The summed E-state index contributed by atoms with van der Waals surface area (Å²) in [6, 6.07) is 7.60. The van der Waals surface area contributed by atoms with Crippen LogP contribution >= 0.6 is 11.3 Å². The van der Waals surface area contributed by atoms with Gasteiger partial charge in [0.25, 0.3) is 0 Å². The van der Waals surface area contributed by atoms with E-state index in [1.54, 1.807) is 18.3 Å². The lowest BCUT2D eigenvalue weighted by Gasteiger charge is -2.08. The van der Waals surface area contributed by atoms with Gasteiger partial charge in [0, 0.05) is 11.3 Å². The fourth-order valence-electron chi connectivity index (χ4n) is 2.77. The highest BCUT2D eigenvalue weighted by atomic mass is 32.1. The zero-order chi connectivity index (χ0) is 14.7. The van der Waals surface area contributed by atoms with E-state index in [0.29, 0.717) is 12.5 Å². The Morgan fingerprint density at radius 1 is 1.38 bits per heavy atom. The van der Waals surface area contributed by atoms with Crippen LogP contribution in [0.4, 0.5) is 0 Å². The van der Waals surface area contributed by atoms with Crippen LogP contribution in [0.25, 0.3) is 0 Å². The van der Waals surface area contributed by atoms with Gasteiger partial charge in [-0.15, -0.1) is 11.3 Å². The molecule has 1 N–H and O–H groups in total. The van der Waals surface area contributed by atoms with Crippen molar-refractivity contribution in [3.63, 3.8) is 0 Å². The first-order chi connectivity index (χ1) is 10.2. The van der Waals surface area contributed by atoms with Gasteiger partial charge in [0.1, 0.15) is 12.4 Å². The molecule has 0 bridgehead atoms. The van der Waals surface area contributed by atoms with Crippen LogP contribution in [0.5, 0.6) is 5.75 Å². The van der Waals surface area contributed by atoms with Crippen LogP contribution in [0, 0.1) is 0 Å². The molecule has 21 heavy (non-hydrogen) atoms. The highest BCUT2D eigenvalue weighted by molar-refractivity contribution is 7.09. The number of hydrogen-bond donors (Lipinski definition) is 1. The molecule has 1 aliphatic carbocycles. The van der Waals surface area contributed by atoms with Crippen LogP contribution in [0.1, 0.15) is 60.9 Å². The van der Waals surface area contributed by atoms with E-state index in [2.05, 4.69) is 5.38 Å². The van der Waals surface area contributed by atoms with Crippen molar-refractivity contribution in [2.24, 2.45) is 0 Å². The van der Waals surface area contributed by atoms with Crippen molar-refractivity contribution in [2.45, 2.75) is 51.2 Å². The molecule has 0 unspecified atom stereocenters. The van der Waals surface area contributed by atoms with E-state index >= 15 is 0 Å². The van der Waals surface area contributed by atoms with Gasteiger partial charge in [-0.25, -0.2) is 4.98 Å². The third-order valence-electron chi connectivity index (χ3n) is 4.00. The third-order valence-corrected chi connectivity index (χ3v) is 5.06. The maximum Gasteiger partial charge on any atom is 0.131 e. The molecular formula is C17H21NO2S. The lowest BCUT2D eigenvalue weighted by Crippen LogP contribution is -1.99. The minimum atomic E-state index is -0.471. The van der Waals surface area contributed by atoms with Gasteiger partial charge >= 0.3 is 0 Å². The average molecular weight is 303 g/mol. The van der Waals surface area contributed by atoms with Gasteiger partial charge in [0.05, 0.1) is 16.8 Å². The number of aromatic nitrogens is 1. The first-order valence-electron chi connectivity index (χ1n) is 7.57. The summed E-state index contributed by atoms with van der Waals surface area (Å²) < 4.78 is 5.79. The Morgan fingerprint density at radius 2 is 2.19 bits per heavy atom. The Bertz CT molecular complexity index is 588. The number of rotatable bonds is 5. The molecule has 3 rings (SSSR count). The number of hydrogen-bond acceptors (Lipinski definition) is 4. The molecule has 1 aromatic carbocycles. The van der Waals surface area contributed by atoms with Crippen molar-refractivity contribution in [1.82, 2.24) is 4.98 Å². The highest BCUT2D eigenvalue weighted by Crippen LogP contribution is 2.35. The number of aliphatic hydroxyl groups excluding tert-OH is 1.